The molecule has 2 aromatic heterocycles. The summed E-state index contributed by atoms with van der Waals surface area (Å²) >= 11 is 4.12. The molecule has 3 heterocycles. The van der Waals surface area contributed by atoms with Gasteiger partial charge in [0.25, 0.3) is 5.92 Å². The molecule has 1 aliphatic carbocycles. The van der Waals surface area contributed by atoms with Crippen LogP contribution in [-0.4, -0.2) is 44.8 Å². The van der Waals surface area contributed by atoms with Crippen LogP contribution in [0.4, 0.5) is 25.1 Å². The molecular formula is C19H23F2N5O3S. The van der Waals surface area contributed by atoms with Crippen LogP contribution in [0, 0.1) is 0 Å². The Morgan fingerprint density at radius 3 is 2.93 bits per heavy atom. The Labute approximate surface area is 177 Å². The third-order valence-electron chi connectivity index (χ3n) is 5.37. The molecule has 0 spiro atoms. The molecule has 2 aliphatic rings. The molecule has 2 aromatic rings. The van der Waals surface area contributed by atoms with Crippen LogP contribution in [0.15, 0.2) is 24.4 Å². The van der Waals surface area contributed by atoms with Gasteiger partial charge in [-0.3, -0.25) is 5.10 Å². The number of carbonyl (C=O) groups excluding carboxylic acids is 1. The topological polar surface area (TPSA) is 101 Å². The van der Waals surface area contributed by atoms with Crippen LogP contribution < -0.4 is 15.4 Å². The minimum Gasteiger partial charge on any atom is -0.463 e. The fraction of sp³-hybridized carbons (Fsp3) is 0.526. The average molecular weight is 439 g/mol. The molecule has 11 heteroatoms. The number of anilines is 2. The molecule has 4 rings (SSSR count). The second kappa shape index (κ2) is 8.29. The number of aromatic amines is 1. The van der Waals surface area contributed by atoms with E-state index in [1.165, 1.54) is 13.1 Å². The highest BCUT2D eigenvalue weighted by Crippen LogP contribution is 2.36. The van der Waals surface area contributed by atoms with Gasteiger partial charge in [-0.1, -0.05) is 0 Å². The van der Waals surface area contributed by atoms with E-state index in [1.807, 2.05) is 6.07 Å². The van der Waals surface area contributed by atoms with Crippen molar-refractivity contribution in [3.05, 3.63) is 30.1 Å². The summed E-state index contributed by atoms with van der Waals surface area (Å²) in [6.45, 7) is 1.23. The lowest BCUT2D eigenvalue weighted by atomic mass is 10.0. The van der Waals surface area contributed by atoms with Crippen LogP contribution in [0.2, 0.25) is 0 Å². The number of pyridine rings is 1. The second-order valence-electron chi connectivity index (χ2n) is 7.66. The number of aromatic nitrogens is 3. The normalized spacial score (nSPS) is 28.9. The maximum absolute atomic E-state index is 14.6. The van der Waals surface area contributed by atoms with E-state index in [0.29, 0.717) is 24.3 Å². The first-order valence-electron chi connectivity index (χ1n) is 9.76. The largest absolute Gasteiger partial charge is 0.463 e. The number of nitrogens with zero attached hydrogens (tertiary/aromatic N) is 2. The van der Waals surface area contributed by atoms with Crippen molar-refractivity contribution in [2.75, 3.05) is 5.32 Å². The van der Waals surface area contributed by atoms with Crippen LogP contribution in [0.5, 0.6) is 5.88 Å². The number of fused-ring (bicyclic) bond motifs is 7. The molecule has 0 saturated heterocycles. The summed E-state index contributed by atoms with van der Waals surface area (Å²) in [6, 6.07) is 3.76. The fourth-order valence-corrected chi connectivity index (χ4v) is 4.05. The van der Waals surface area contributed by atoms with Crippen LogP contribution in [0.3, 0.4) is 0 Å². The maximum Gasteiger partial charge on any atom is 0.407 e. The lowest BCUT2D eigenvalue weighted by molar-refractivity contribution is -0.0526. The Morgan fingerprint density at radius 2 is 2.10 bits per heavy atom. The zero-order valence-corrected chi connectivity index (χ0v) is 17.2. The number of H-pyrrole nitrogens is 1. The van der Waals surface area contributed by atoms with Gasteiger partial charge in [-0.2, -0.15) is 5.10 Å². The van der Waals surface area contributed by atoms with Gasteiger partial charge in [0.1, 0.15) is 11.5 Å². The van der Waals surface area contributed by atoms with E-state index in [1.54, 1.807) is 12.1 Å². The van der Waals surface area contributed by atoms with Gasteiger partial charge < -0.3 is 20.1 Å². The highest BCUT2D eigenvalue weighted by Gasteiger charge is 2.41. The Balaban J connectivity index is 1.59. The third kappa shape index (κ3) is 4.77. The summed E-state index contributed by atoms with van der Waals surface area (Å²) in [6.07, 6.45) is 1.66. The smallest absolute Gasteiger partial charge is 0.407 e. The molecule has 1 amide bonds. The number of hydrogen-bond acceptors (Lipinski definition) is 7. The summed E-state index contributed by atoms with van der Waals surface area (Å²) in [5, 5.41) is 12.7. The number of amides is 1. The molecule has 30 heavy (non-hydrogen) atoms. The summed E-state index contributed by atoms with van der Waals surface area (Å²) < 4.78 is 39.9. The second-order valence-corrected chi connectivity index (χ2v) is 8.23. The molecule has 3 N–H and O–H groups in total. The quantitative estimate of drug-likeness (QED) is 0.464. The monoisotopic (exact) mass is 439 g/mol. The lowest BCUT2D eigenvalue weighted by Crippen LogP contribution is -2.47. The van der Waals surface area contributed by atoms with Crippen molar-refractivity contribution >= 4 is 30.2 Å². The Kier molecular flexibility index (Phi) is 5.72. The Hall–Kier alpha value is -2.56. The van der Waals surface area contributed by atoms with Crippen molar-refractivity contribution in [3.8, 4) is 5.88 Å². The number of alkyl carbamates (subject to hydrolysis) is 1. The van der Waals surface area contributed by atoms with Crippen molar-refractivity contribution < 1.29 is 23.0 Å². The van der Waals surface area contributed by atoms with Gasteiger partial charge in [-0.25, -0.2) is 18.6 Å². The minimum atomic E-state index is -3.26. The first-order valence-corrected chi connectivity index (χ1v) is 10.3. The SMILES string of the molecule is CC1NC(=O)OC2CCC(C2)c2cc(n[nH]2)Nc2ccnc(c2)OC(S)CC1(F)F. The molecule has 6 bridgehead atoms. The van der Waals surface area contributed by atoms with Crippen LogP contribution in [0.25, 0.3) is 0 Å². The van der Waals surface area contributed by atoms with E-state index in [-0.39, 0.29) is 17.9 Å². The molecule has 8 nitrogen and oxygen atoms in total. The van der Waals surface area contributed by atoms with Gasteiger partial charge in [0, 0.05) is 35.6 Å². The maximum atomic E-state index is 14.6. The van der Waals surface area contributed by atoms with E-state index in [9.17, 15) is 13.6 Å². The van der Waals surface area contributed by atoms with Crippen molar-refractivity contribution in [1.82, 2.24) is 20.5 Å². The van der Waals surface area contributed by atoms with Gasteiger partial charge in [0.2, 0.25) is 5.88 Å². The lowest BCUT2D eigenvalue weighted by Gasteiger charge is -2.27. The van der Waals surface area contributed by atoms with Crippen LogP contribution in [0.1, 0.15) is 44.2 Å². The van der Waals surface area contributed by atoms with E-state index in [2.05, 4.69) is 38.4 Å². The van der Waals surface area contributed by atoms with Crippen molar-refractivity contribution in [2.24, 2.45) is 0 Å². The van der Waals surface area contributed by atoms with Crippen molar-refractivity contribution in [2.45, 2.75) is 62.0 Å². The predicted octanol–water partition coefficient (Wildman–Crippen LogP) is 3.97. The zero-order chi connectivity index (χ0) is 21.3. The number of thiol groups is 1. The van der Waals surface area contributed by atoms with Crippen LogP contribution >= 0.6 is 12.6 Å². The van der Waals surface area contributed by atoms with Gasteiger partial charge in [-0.05, 0) is 32.3 Å². The number of rotatable bonds is 0. The molecule has 0 aromatic carbocycles. The van der Waals surface area contributed by atoms with Gasteiger partial charge in [-0.15, -0.1) is 12.6 Å². The van der Waals surface area contributed by atoms with E-state index < -0.39 is 29.9 Å². The van der Waals surface area contributed by atoms with Crippen LogP contribution in [-0.2, 0) is 4.74 Å². The van der Waals surface area contributed by atoms with Crippen molar-refractivity contribution in [1.29, 1.82) is 0 Å². The predicted molar refractivity (Wildman–Crippen MR) is 109 cm³/mol. The molecule has 1 saturated carbocycles. The standard InChI is InChI=1S/C19H23F2N5O3S/c1-10-19(20,21)9-17(30)29-16-7-12(4-5-22-16)24-15-8-14(25-26-15)11-2-3-13(6-11)28-18(27)23-10/h4-5,7-8,10-11,13,17,30H,2-3,6,9H2,1H3,(H,23,27)(H2,24,25,26). The number of hydrogen-bond donors (Lipinski definition) is 4. The average Bonchev–Trinajstić information content (AvgIpc) is 3.30. The van der Waals surface area contributed by atoms with Gasteiger partial charge in [0.05, 0.1) is 12.5 Å². The number of halogens is 2. The highest BCUT2D eigenvalue weighted by molar-refractivity contribution is 7.80. The summed E-state index contributed by atoms with van der Waals surface area (Å²) in [5.41, 5.74) is 0.445. The zero-order valence-electron chi connectivity index (χ0n) is 16.3. The first-order chi connectivity index (χ1) is 14.3. The highest BCUT2D eigenvalue weighted by atomic mass is 32.1. The fourth-order valence-electron chi connectivity index (χ4n) is 3.70. The minimum absolute atomic E-state index is 0.143. The number of nitrogens with one attached hydrogen (secondary N) is 3. The molecule has 162 valence electrons. The summed E-state index contributed by atoms with van der Waals surface area (Å²) in [4.78, 5) is 16.2. The van der Waals surface area contributed by atoms with Crippen molar-refractivity contribution in [3.63, 3.8) is 0 Å². The molecule has 1 fully saturated rings. The Bertz CT molecular complexity index is 912. The number of carbonyl (C=O) groups is 1. The molecule has 1 aliphatic heterocycles. The Morgan fingerprint density at radius 1 is 1.27 bits per heavy atom. The number of ether oxygens (including phenoxy) is 2. The molecule has 4 unspecified atom stereocenters. The van der Waals surface area contributed by atoms with Gasteiger partial charge >= 0.3 is 6.09 Å². The van der Waals surface area contributed by atoms with Gasteiger partial charge in [0.15, 0.2) is 5.82 Å². The van der Waals surface area contributed by atoms with E-state index in [0.717, 1.165) is 12.1 Å². The molecule has 0 radical (unpaired) electrons. The third-order valence-corrected chi connectivity index (χ3v) is 5.66. The number of alkyl halides is 2. The van der Waals surface area contributed by atoms with E-state index >= 15 is 0 Å². The summed E-state index contributed by atoms with van der Waals surface area (Å²) in [5.74, 6) is -2.36. The molecular weight excluding hydrogens is 416 g/mol. The van der Waals surface area contributed by atoms with E-state index in [4.69, 9.17) is 9.47 Å². The first kappa shape index (κ1) is 20.7. The molecule has 4 atom stereocenters. The summed E-state index contributed by atoms with van der Waals surface area (Å²) in [7, 11) is 0.